The lowest BCUT2D eigenvalue weighted by Crippen LogP contribution is -2.04. The van der Waals surface area contributed by atoms with Crippen molar-refractivity contribution < 1.29 is 14.4 Å². The van der Waals surface area contributed by atoms with Crippen molar-refractivity contribution in [2.75, 3.05) is 32.7 Å². The monoisotopic (exact) mass is 254 g/mol. The van der Waals surface area contributed by atoms with E-state index in [4.69, 9.17) is 9.47 Å². The number of nitro benzene ring substituents is 1. The maximum Gasteiger partial charge on any atom is 0.292 e. The summed E-state index contributed by atoms with van der Waals surface area (Å²) in [5.41, 5.74) is 1.36. The number of hydrogen-bond donors (Lipinski definition) is 1. The predicted octanol–water partition coefficient (Wildman–Crippen LogP) is 2.19. The molecule has 6 heteroatoms. The van der Waals surface area contributed by atoms with Gasteiger partial charge in [-0.3, -0.25) is 10.1 Å². The van der Waals surface area contributed by atoms with Crippen LogP contribution >= 0.6 is 0 Å². The highest BCUT2D eigenvalue weighted by Gasteiger charge is 2.15. The van der Waals surface area contributed by atoms with Crippen LogP contribution in [-0.4, -0.2) is 32.3 Å². The lowest BCUT2D eigenvalue weighted by Gasteiger charge is -2.10. The predicted molar refractivity (Wildman–Crippen MR) is 68.8 cm³/mol. The second-order valence-corrected chi connectivity index (χ2v) is 3.72. The minimum Gasteiger partial charge on any atom is -0.385 e. The third-order valence-corrected chi connectivity index (χ3v) is 2.47. The molecular weight excluding hydrogens is 236 g/mol. The number of rotatable bonds is 8. The van der Waals surface area contributed by atoms with Crippen LogP contribution in [0.5, 0.6) is 0 Å². The Morgan fingerprint density at radius 3 is 2.78 bits per heavy atom. The van der Waals surface area contributed by atoms with Crippen LogP contribution in [0.25, 0.3) is 0 Å². The van der Waals surface area contributed by atoms with Crippen molar-refractivity contribution in [1.82, 2.24) is 0 Å². The molecule has 100 valence electrons. The van der Waals surface area contributed by atoms with E-state index in [1.54, 1.807) is 20.2 Å². The van der Waals surface area contributed by atoms with Gasteiger partial charge in [-0.2, -0.15) is 0 Å². The fourth-order valence-electron chi connectivity index (χ4n) is 1.64. The summed E-state index contributed by atoms with van der Waals surface area (Å²) in [7, 11) is 3.30. The first-order chi connectivity index (χ1) is 8.70. The van der Waals surface area contributed by atoms with Gasteiger partial charge in [0.1, 0.15) is 5.69 Å². The Morgan fingerprint density at radius 2 is 2.17 bits per heavy atom. The van der Waals surface area contributed by atoms with Gasteiger partial charge in [0, 0.05) is 39.0 Å². The SMILES string of the molecule is CNc1c(COCCCOC)cccc1[N+](=O)[O-]. The summed E-state index contributed by atoms with van der Waals surface area (Å²) in [5, 5.41) is 13.7. The Hall–Kier alpha value is -1.66. The highest BCUT2D eigenvalue weighted by atomic mass is 16.6. The van der Waals surface area contributed by atoms with Crippen LogP contribution in [0.4, 0.5) is 11.4 Å². The molecule has 0 fully saturated rings. The second kappa shape index (κ2) is 7.62. The van der Waals surface area contributed by atoms with Gasteiger partial charge in [-0.05, 0) is 6.42 Å². The third kappa shape index (κ3) is 3.97. The average Bonchev–Trinajstić information content (AvgIpc) is 2.38. The molecule has 0 aliphatic rings. The molecule has 1 aromatic rings. The normalized spacial score (nSPS) is 10.3. The van der Waals surface area contributed by atoms with Gasteiger partial charge >= 0.3 is 0 Å². The van der Waals surface area contributed by atoms with Crippen LogP contribution in [0.1, 0.15) is 12.0 Å². The van der Waals surface area contributed by atoms with Crippen LogP contribution in [0.15, 0.2) is 18.2 Å². The molecule has 1 N–H and O–H groups in total. The molecule has 18 heavy (non-hydrogen) atoms. The molecule has 0 unspecified atom stereocenters. The number of hydrogen-bond acceptors (Lipinski definition) is 5. The fourth-order valence-corrected chi connectivity index (χ4v) is 1.64. The summed E-state index contributed by atoms with van der Waals surface area (Å²) in [6.07, 6.45) is 0.806. The van der Waals surface area contributed by atoms with Gasteiger partial charge in [0.15, 0.2) is 0 Å². The van der Waals surface area contributed by atoms with E-state index in [0.29, 0.717) is 25.5 Å². The largest absolute Gasteiger partial charge is 0.385 e. The first kappa shape index (κ1) is 14.4. The molecule has 1 rings (SSSR count). The summed E-state index contributed by atoms with van der Waals surface area (Å²) < 4.78 is 10.4. The van der Waals surface area contributed by atoms with Crippen molar-refractivity contribution in [3.05, 3.63) is 33.9 Å². The summed E-state index contributed by atoms with van der Waals surface area (Å²) in [5.74, 6) is 0. The van der Waals surface area contributed by atoms with Gasteiger partial charge in [-0.1, -0.05) is 12.1 Å². The molecule has 0 saturated heterocycles. The Labute approximate surface area is 106 Å². The minimum atomic E-state index is -0.403. The van der Waals surface area contributed by atoms with Gasteiger partial charge in [0.2, 0.25) is 0 Å². The molecule has 1 aromatic carbocycles. The number of nitrogens with one attached hydrogen (secondary N) is 1. The van der Waals surface area contributed by atoms with Crippen LogP contribution in [0.2, 0.25) is 0 Å². The summed E-state index contributed by atoms with van der Waals surface area (Å²) in [4.78, 5) is 10.5. The van der Waals surface area contributed by atoms with E-state index >= 15 is 0 Å². The molecule has 0 amide bonds. The van der Waals surface area contributed by atoms with Crippen molar-refractivity contribution in [2.24, 2.45) is 0 Å². The van der Waals surface area contributed by atoms with Crippen molar-refractivity contribution >= 4 is 11.4 Å². The van der Waals surface area contributed by atoms with Gasteiger partial charge in [-0.15, -0.1) is 0 Å². The van der Waals surface area contributed by atoms with E-state index in [1.165, 1.54) is 6.07 Å². The Bertz CT molecular complexity index is 396. The van der Waals surface area contributed by atoms with E-state index in [1.807, 2.05) is 6.07 Å². The number of anilines is 1. The van der Waals surface area contributed by atoms with Crippen molar-refractivity contribution in [1.29, 1.82) is 0 Å². The molecule has 0 aliphatic carbocycles. The first-order valence-corrected chi connectivity index (χ1v) is 5.71. The lowest BCUT2D eigenvalue weighted by molar-refractivity contribution is -0.384. The Morgan fingerprint density at radius 1 is 1.39 bits per heavy atom. The third-order valence-electron chi connectivity index (χ3n) is 2.47. The number of nitro groups is 1. The maximum absolute atomic E-state index is 10.9. The molecule has 0 saturated carbocycles. The maximum atomic E-state index is 10.9. The first-order valence-electron chi connectivity index (χ1n) is 5.71. The zero-order chi connectivity index (χ0) is 13.4. The molecule has 6 nitrogen and oxygen atoms in total. The minimum absolute atomic E-state index is 0.0653. The van der Waals surface area contributed by atoms with E-state index in [9.17, 15) is 10.1 Å². The Balaban J connectivity index is 2.64. The van der Waals surface area contributed by atoms with Gasteiger partial charge < -0.3 is 14.8 Å². The molecule has 0 spiro atoms. The fraction of sp³-hybridized carbons (Fsp3) is 0.500. The highest BCUT2D eigenvalue weighted by Crippen LogP contribution is 2.28. The topological polar surface area (TPSA) is 73.6 Å². The molecule has 0 heterocycles. The molecule has 0 radical (unpaired) electrons. The highest BCUT2D eigenvalue weighted by molar-refractivity contribution is 5.65. The average molecular weight is 254 g/mol. The standard InChI is InChI=1S/C12H18N2O4/c1-13-12-10(9-18-8-4-7-17-2)5-3-6-11(12)14(15)16/h3,5-6,13H,4,7-9H2,1-2H3. The van der Waals surface area contributed by atoms with Crippen LogP contribution in [0.3, 0.4) is 0 Å². The van der Waals surface area contributed by atoms with Crippen molar-refractivity contribution in [3.63, 3.8) is 0 Å². The number of methoxy groups -OCH3 is 1. The summed E-state index contributed by atoms with van der Waals surface area (Å²) >= 11 is 0. The summed E-state index contributed by atoms with van der Waals surface area (Å²) in [6, 6.07) is 4.95. The molecule has 0 bridgehead atoms. The number of nitrogens with zero attached hydrogens (tertiary/aromatic N) is 1. The van der Waals surface area contributed by atoms with Crippen molar-refractivity contribution in [3.8, 4) is 0 Å². The van der Waals surface area contributed by atoms with E-state index in [2.05, 4.69) is 5.32 Å². The lowest BCUT2D eigenvalue weighted by atomic mass is 10.1. The smallest absolute Gasteiger partial charge is 0.292 e. The molecule has 0 aliphatic heterocycles. The van der Waals surface area contributed by atoms with E-state index in [-0.39, 0.29) is 5.69 Å². The number of ether oxygens (including phenoxy) is 2. The van der Waals surface area contributed by atoms with Crippen LogP contribution < -0.4 is 5.32 Å². The molecule has 0 aromatic heterocycles. The summed E-state index contributed by atoms with van der Waals surface area (Å²) in [6.45, 7) is 1.56. The van der Waals surface area contributed by atoms with Crippen LogP contribution in [0, 0.1) is 10.1 Å². The van der Waals surface area contributed by atoms with Gasteiger partial charge in [-0.25, -0.2) is 0 Å². The molecule has 0 atom stereocenters. The quantitative estimate of drug-likeness (QED) is 0.437. The number of para-hydroxylation sites is 1. The molecular formula is C12H18N2O4. The zero-order valence-corrected chi connectivity index (χ0v) is 10.6. The number of benzene rings is 1. The van der Waals surface area contributed by atoms with Crippen LogP contribution in [-0.2, 0) is 16.1 Å². The van der Waals surface area contributed by atoms with E-state index in [0.717, 1.165) is 12.0 Å². The van der Waals surface area contributed by atoms with Crippen molar-refractivity contribution in [2.45, 2.75) is 13.0 Å². The van der Waals surface area contributed by atoms with Gasteiger partial charge in [0.05, 0.1) is 11.5 Å². The van der Waals surface area contributed by atoms with E-state index < -0.39 is 4.92 Å². The second-order valence-electron chi connectivity index (χ2n) is 3.72. The van der Waals surface area contributed by atoms with Gasteiger partial charge in [0.25, 0.3) is 5.69 Å². The Kier molecular flexibility index (Phi) is 6.10. The zero-order valence-electron chi connectivity index (χ0n) is 10.6.